The summed E-state index contributed by atoms with van der Waals surface area (Å²) in [5.41, 5.74) is 0. The number of carboxylic acid groups (broad SMARTS) is 2. The van der Waals surface area contributed by atoms with E-state index in [4.69, 9.17) is 10.2 Å². The molecule has 1 heterocycles. The molecule has 0 aromatic heterocycles. The number of rotatable bonds is 4. The van der Waals surface area contributed by atoms with Gasteiger partial charge in [-0.05, 0) is 0 Å². The highest BCUT2D eigenvalue weighted by Gasteiger charge is 2.39. The highest BCUT2D eigenvalue weighted by Crippen LogP contribution is 2.10. The largest absolute Gasteiger partial charge is 0.481 e. The molecule has 0 aromatic rings. The maximum atomic E-state index is 11.1. The smallest absolute Gasteiger partial charge is 0.327 e. The molecule has 3 amide bonds. The van der Waals surface area contributed by atoms with Crippen LogP contribution < -0.4 is 5.32 Å². The molecule has 8 nitrogen and oxygen atoms in total. The highest BCUT2D eigenvalue weighted by atomic mass is 16.4. The minimum atomic E-state index is -1.66. The lowest BCUT2D eigenvalue weighted by atomic mass is 10.2. The van der Waals surface area contributed by atoms with Gasteiger partial charge in [-0.25, -0.2) is 14.5 Å². The van der Waals surface area contributed by atoms with Crippen LogP contribution in [-0.4, -0.2) is 51.6 Å². The van der Waals surface area contributed by atoms with Crippen LogP contribution in [0.5, 0.6) is 0 Å². The molecule has 1 saturated heterocycles. The molecule has 15 heavy (non-hydrogen) atoms. The monoisotopic (exact) mass is 216 g/mol. The Morgan fingerprint density at radius 3 is 2.33 bits per heavy atom. The van der Waals surface area contributed by atoms with Crippen molar-refractivity contribution in [3.05, 3.63) is 0 Å². The predicted molar refractivity (Wildman–Crippen MR) is 43.9 cm³/mol. The van der Waals surface area contributed by atoms with E-state index >= 15 is 0 Å². The molecular formula is C7H8N2O6. The first-order chi connectivity index (χ1) is 6.93. The van der Waals surface area contributed by atoms with Gasteiger partial charge < -0.3 is 15.5 Å². The zero-order valence-electron chi connectivity index (χ0n) is 7.47. The van der Waals surface area contributed by atoms with Crippen LogP contribution in [0, 0.1) is 0 Å². The van der Waals surface area contributed by atoms with Crippen LogP contribution in [0.15, 0.2) is 0 Å². The first-order valence-electron chi connectivity index (χ1n) is 3.98. The van der Waals surface area contributed by atoms with Crippen LogP contribution in [0.25, 0.3) is 0 Å². The van der Waals surface area contributed by atoms with Gasteiger partial charge in [0.25, 0.3) is 5.91 Å². The molecule has 1 aliphatic rings. The molecule has 3 N–H and O–H groups in total. The molecule has 0 saturated carbocycles. The SMILES string of the molecule is O=C(O)CC(C(=O)O)N1C(=O)CNC1=O. The Balaban J connectivity index is 2.88. The van der Waals surface area contributed by atoms with Gasteiger partial charge in [-0.3, -0.25) is 9.59 Å². The fourth-order valence-electron chi connectivity index (χ4n) is 1.20. The second-order valence-electron chi connectivity index (χ2n) is 2.87. The summed E-state index contributed by atoms with van der Waals surface area (Å²) in [4.78, 5) is 43.6. The third kappa shape index (κ3) is 2.22. The topological polar surface area (TPSA) is 124 Å². The lowest BCUT2D eigenvalue weighted by Crippen LogP contribution is -2.46. The molecule has 0 radical (unpaired) electrons. The first kappa shape index (κ1) is 11.0. The molecule has 1 unspecified atom stereocenters. The molecule has 0 aliphatic carbocycles. The maximum absolute atomic E-state index is 11.1. The standard InChI is InChI=1S/C7H8N2O6/c10-4-2-8-7(15)9(4)3(6(13)14)1-5(11)12/h3H,1-2H2,(H,8,15)(H,11,12)(H,13,14). The van der Waals surface area contributed by atoms with Crippen molar-refractivity contribution in [1.29, 1.82) is 0 Å². The second-order valence-corrected chi connectivity index (χ2v) is 2.87. The molecule has 0 bridgehead atoms. The molecule has 1 fully saturated rings. The minimum absolute atomic E-state index is 0.303. The summed E-state index contributed by atoms with van der Waals surface area (Å²) in [5.74, 6) is -3.66. The number of hydrogen-bond donors (Lipinski definition) is 3. The normalized spacial score (nSPS) is 17.5. The number of amides is 3. The quantitative estimate of drug-likeness (QED) is 0.489. The van der Waals surface area contributed by atoms with E-state index in [1.165, 1.54) is 0 Å². The maximum Gasteiger partial charge on any atom is 0.327 e. The van der Waals surface area contributed by atoms with E-state index in [9.17, 15) is 19.2 Å². The summed E-state index contributed by atoms with van der Waals surface area (Å²) in [6.45, 7) is -0.303. The number of imide groups is 1. The van der Waals surface area contributed by atoms with Crippen molar-refractivity contribution in [2.45, 2.75) is 12.5 Å². The van der Waals surface area contributed by atoms with Crippen molar-refractivity contribution in [1.82, 2.24) is 10.2 Å². The molecule has 1 rings (SSSR count). The summed E-state index contributed by atoms with van der Waals surface area (Å²) < 4.78 is 0. The van der Waals surface area contributed by atoms with Crippen molar-refractivity contribution in [3.8, 4) is 0 Å². The van der Waals surface area contributed by atoms with Crippen molar-refractivity contribution in [3.63, 3.8) is 0 Å². The fraction of sp³-hybridized carbons (Fsp3) is 0.429. The summed E-state index contributed by atoms with van der Waals surface area (Å²) >= 11 is 0. The number of carbonyl (C=O) groups is 4. The molecule has 1 atom stereocenters. The zero-order chi connectivity index (χ0) is 11.6. The lowest BCUT2D eigenvalue weighted by molar-refractivity contribution is -0.151. The average Bonchev–Trinajstić information content (AvgIpc) is 2.42. The zero-order valence-corrected chi connectivity index (χ0v) is 7.47. The van der Waals surface area contributed by atoms with E-state index in [0.29, 0.717) is 4.90 Å². The van der Waals surface area contributed by atoms with Crippen molar-refractivity contribution < 1.29 is 29.4 Å². The van der Waals surface area contributed by atoms with Gasteiger partial charge in [0.15, 0.2) is 0 Å². The van der Waals surface area contributed by atoms with Crippen molar-refractivity contribution in [2.75, 3.05) is 6.54 Å². The molecule has 82 valence electrons. The van der Waals surface area contributed by atoms with Crippen LogP contribution >= 0.6 is 0 Å². The van der Waals surface area contributed by atoms with E-state index in [-0.39, 0.29) is 6.54 Å². The lowest BCUT2D eigenvalue weighted by Gasteiger charge is -2.19. The van der Waals surface area contributed by atoms with E-state index < -0.39 is 36.3 Å². The van der Waals surface area contributed by atoms with E-state index in [2.05, 4.69) is 5.32 Å². The van der Waals surface area contributed by atoms with E-state index in [1.807, 2.05) is 0 Å². The molecule has 0 spiro atoms. The highest BCUT2D eigenvalue weighted by molar-refractivity contribution is 6.05. The Morgan fingerprint density at radius 1 is 1.40 bits per heavy atom. The summed E-state index contributed by atoms with van der Waals surface area (Å²) in [7, 11) is 0. The third-order valence-corrected chi connectivity index (χ3v) is 1.84. The predicted octanol–water partition coefficient (Wildman–Crippen LogP) is -1.53. The minimum Gasteiger partial charge on any atom is -0.481 e. The summed E-state index contributed by atoms with van der Waals surface area (Å²) in [6.07, 6.45) is -0.811. The molecule has 8 heteroatoms. The van der Waals surface area contributed by atoms with Gasteiger partial charge in [-0.15, -0.1) is 0 Å². The van der Waals surface area contributed by atoms with E-state index in [0.717, 1.165) is 0 Å². The Bertz CT molecular complexity index is 322. The van der Waals surface area contributed by atoms with Gasteiger partial charge in [-0.2, -0.15) is 0 Å². The van der Waals surface area contributed by atoms with Gasteiger partial charge in [0.1, 0.15) is 6.04 Å². The van der Waals surface area contributed by atoms with Crippen LogP contribution in [0.1, 0.15) is 6.42 Å². The number of hydrogen-bond acceptors (Lipinski definition) is 4. The Labute approximate surface area is 83.5 Å². The van der Waals surface area contributed by atoms with Crippen LogP contribution in [0.3, 0.4) is 0 Å². The third-order valence-electron chi connectivity index (χ3n) is 1.84. The van der Waals surface area contributed by atoms with Crippen molar-refractivity contribution in [2.24, 2.45) is 0 Å². The first-order valence-corrected chi connectivity index (χ1v) is 3.98. The number of urea groups is 1. The Hall–Kier alpha value is -2.12. The molecule has 0 aromatic carbocycles. The number of carboxylic acids is 2. The van der Waals surface area contributed by atoms with Gasteiger partial charge in [0.05, 0.1) is 13.0 Å². The Morgan fingerprint density at radius 2 is 2.00 bits per heavy atom. The second kappa shape index (κ2) is 3.95. The number of aliphatic carboxylic acids is 2. The van der Waals surface area contributed by atoms with Crippen LogP contribution in [0.4, 0.5) is 4.79 Å². The fourth-order valence-corrected chi connectivity index (χ4v) is 1.20. The van der Waals surface area contributed by atoms with Crippen LogP contribution in [-0.2, 0) is 14.4 Å². The summed E-state index contributed by atoms with van der Waals surface area (Å²) in [5, 5.41) is 19.2. The van der Waals surface area contributed by atoms with Gasteiger partial charge in [-0.1, -0.05) is 0 Å². The number of carbonyl (C=O) groups excluding carboxylic acids is 2. The number of nitrogens with one attached hydrogen (secondary N) is 1. The molecular weight excluding hydrogens is 208 g/mol. The van der Waals surface area contributed by atoms with Gasteiger partial charge in [0.2, 0.25) is 0 Å². The Kier molecular flexibility index (Phi) is 2.88. The van der Waals surface area contributed by atoms with E-state index in [1.54, 1.807) is 0 Å². The van der Waals surface area contributed by atoms with Gasteiger partial charge >= 0.3 is 18.0 Å². The van der Waals surface area contributed by atoms with Crippen molar-refractivity contribution >= 4 is 23.9 Å². The number of nitrogens with zero attached hydrogens (tertiary/aromatic N) is 1. The molecule has 1 aliphatic heterocycles. The average molecular weight is 216 g/mol. The summed E-state index contributed by atoms with van der Waals surface area (Å²) in [6, 6.07) is -2.54. The van der Waals surface area contributed by atoms with Gasteiger partial charge in [0, 0.05) is 0 Å². The van der Waals surface area contributed by atoms with Crippen LogP contribution in [0.2, 0.25) is 0 Å².